The van der Waals surface area contributed by atoms with Gasteiger partial charge < -0.3 is 4.55 Å². The molecule has 0 amide bonds. The first-order chi connectivity index (χ1) is 9.94. The average molecular weight is 332 g/mol. The first kappa shape index (κ1) is 18.1. The summed E-state index contributed by atoms with van der Waals surface area (Å²) in [5.74, 6) is 0.0593. The van der Waals surface area contributed by atoms with Crippen molar-refractivity contribution in [2.75, 3.05) is 10.5 Å². The predicted octanol–water partition coefficient (Wildman–Crippen LogP) is 3.03. The fourth-order valence-corrected chi connectivity index (χ4v) is 3.55. The molecule has 0 radical (unpaired) electrons. The molecule has 0 saturated heterocycles. The van der Waals surface area contributed by atoms with Crippen LogP contribution < -0.4 is 4.72 Å². The van der Waals surface area contributed by atoms with Crippen LogP contribution >= 0.6 is 0 Å². The van der Waals surface area contributed by atoms with Gasteiger partial charge in [-0.2, -0.15) is 0 Å². The Hall–Kier alpha value is -0.920. The summed E-state index contributed by atoms with van der Waals surface area (Å²) in [6.07, 6.45) is 6.05. The summed E-state index contributed by atoms with van der Waals surface area (Å²) in [4.78, 5) is 0.0646. The van der Waals surface area contributed by atoms with Crippen LogP contribution in [-0.2, 0) is 21.1 Å². The number of sulfonamides is 1. The lowest BCUT2D eigenvalue weighted by molar-refractivity contribution is 0.537. The van der Waals surface area contributed by atoms with Crippen molar-refractivity contribution in [2.45, 2.75) is 50.3 Å². The molecule has 0 spiro atoms. The van der Waals surface area contributed by atoms with Gasteiger partial charge >= 0.3 is 0 Å². The largest absolute Gasteiger partial charge is 0.768 e. The second-order valence-corrected chi connectivity index (χ2v) is 7.73. The van der Waals surface area contributed by atoms with Gasteiger partial charge in [0.15, 0.2) is 0 Å². The molecule has 0 fully saturated rings. The van der Waals surface area contributed by atoms with Crippen molar-refractivity contribution in [1.29, 1.82) is 0 Å². The molecule has 0 aliphatic carbocycles. The Bertz CT molecular complexity index is 558. The topological polar surface area (TPSA) is 86.3 Å². The van der Waals surface area contributed by atoms with Gasteiger partial charge in [-0.25, -0.2) is 8.42 Å². The van der Waals surface area contributed by atoms with E-state index >= 15 is 0 Å². The molecular weight excluding hydrogens is 310 g/mol. The van der Waals surface area contributed by atoms with Gasteiger partial charge in [-0.3, -0.25) is 8.93 Å². The van der Waals surface area contributed by atoms with Crippen LogP contribution in [0.2, 0.25) is 0 Å². The third kappa shape index (κ3) is 7.59. The van der Waals surface area contributed by atoms with Gasteiger partial charge in [-0.1, -0.05) is 45.1 Å². The zero-order chi connectivity index (χ0) is 15.7. The van der Waals surface area contributed by atoms with E-state index in [0.717, 1.165) is 25.7 Å². The van der Waals surface area contributed by atoms with E-state index in [1.807, 2.05) is 0 Å². The summed E-state index contributed by atoms with van der Waals surface area (Å²) >= 11 is -2.36. The lowest BCUT2D eigenvalue weighted by Gasteiger charge is -2.10. The average Bonchev–Trinajstić information content (AvgIpc) is 2.42. The smallest absolute Gasteiger partial charge is 0.232 e. The Kier molecular flexibility index (Phi) is 7.92. The number of unbranched alkanes of at least 4 members (excludes halogenated alkanes) is 5. The molecule has 1 aromatic carbocycles. The van der Waals surface area contributed by atoms with Crippen LogP contribution in [0.3, 0.4) is 0 Å². The minimum atomic E-state index is -3.42. The molecule has 21 heavy (non-hydrogen) atoms. The molecule has 0 bridgehead atoms. The quantitative estimate of drug-likeness (QED) is 0.527. The second kappa shape index (κ2) is 9.17. The molecule has 0 aromatic heterocycles. The maximum atomic E-state index is 11.9. The van der Waals surface area contributed by atoms with E-state index in [1.54, 1.807) is 0 Å². The summed E-state index contributed by atoms with van der Waals surface area (Å²) in [5.41, 5.74) is 0.280. The zero-order valence-corrected chi connectivity index (χ0v) is 13.8. The molecule has 0 heterocycles. The van der Waals surface area contributed by atoms with Crippen molar-refractivity contribution >= 4 is 26.8 Å². The molecule has 0 aliphatic heterocycles. The van der Waals surface area contributed by atoms with Crippen LogP contribution in [0.25, 0.3) is 0 Å². The van der Waals surface area contributed by atoms with E-state index in [2.05, 4.69) is 11.6 Å². The number of rotatable bonds is 10. The van der Waals surface area contributed by atoms with E-state index in [4.69, 9.17) is 0 Å². The summed E-state index contributed by atoms with van der Waals surface area (Å²) in [5, 5.41) is 0. The van der Waals surface area contributed by atoms with Crippen LogP contribution in [0, 0.1) is 0 Å². The van der Waals surface area contributed by atoms with Crippen LogP contribution in [0.5, 0.6) is 0 Å². The fraction of sp³-hybridized carbons (Fsp3) is 0.571. The summed E-state index contributed by atoms with van der Waals surface area (Å²) in [6.45, 7) is 2.14. The van der Waals surface area contributed by atoms with E-state index in [1.165, 1.54) is 30.7 Å². The minimum Gasteiger partial charge on any atom is -0.768 e. The molecule has 1 aromatic rings. The van der Waals surface area contributed by atoms with Gasteiger partial charge in [0, 0.05) is 10.6 Å². The summed E-state index contributed by atoms with van der Waals surface area (Å²) < 4.78 is 47.9. The minimum absolute atomic E-state index is 0.0593. The van der Waals surface area contributed by atoms with Gasteiger partial charge in [-0.15, -0.1) is 0 Å². The molecule has 1 atom stereocenters. The maximum Gasteiger partial charge on any atom is 0.232 e. The first-order valence-electron chi connectivity index (χ1n) is 7.14. The highest BCUT2D eigenvalue weighted by Gasteiger charge is 2.10. The Labute approximate surface area is 129 Å². The second-order valence-electron chi connectivity index (χ2n) is 4.95. The first-order valence-corrected chi connectivity index (χ1v) is 9.87. The molecule has 7 heteroatoms. The Balaban J connectivity index is 2.45. The Morgan fingerprint density at radius 3 is 2.48 bits per heavy atom. The monoisotopic (exact) mass is 332 g/mol. The van der Waals surface area contributed by atoms with Gasteiger partial charge in [0.25, 0.3) is 0 Å². The highest BCUT2D eigenvalue weighted by Crippen LogP contribution is 2.15. The summed E-state index contributed by atoms with van der Waals surface area (Å²) in [6, 6.07) is 5.76. The van der Waals surface area contributed by atoms with E-state index in [0.29, 0.717) is 6.42 Å². The zero-order valence-electron chi connectivity index (χ0n) is 12.2. The molecular formula is C14H22NO4S2-. The van der Waals surface area contributed by atoms with Crippen LogP contribution in [0.15, 0.2) is 29.2 Å². The number of benzene rings is 1. The molecule has 5 nitrogen and oxygen atoms in total. The molecule has 1 unspecified atom stereocenters. The van der Waals surface area contributed by atoms with Crippen LogP contribution in [0.1, 0.15) is 45.4 Å². The van der Waals surface area contributed by atoms with E-state index in [-0.39, 0.29) is 16.3 Å². The van der Waals surface area contributed by atoms with Crippen LogP contribution in [0.4, 0.5) is 5.69 Å². The Morgan fingerprint density at radius 2 is 1.81 bits per heavy atom. The highest BCUT2D eigenvalue weighted by molar-refractivity contribution is 7.92. The normalized spacial score (nSPS) is 13.0. The summed E-state index contributed by atoms with van der Waals surface area (Å²) in [7, 11) is -3.42. The molecule has 120 valence electrons. The van der Waals surface area contributed by atoms with E-state index in [9.17, 15) is 17.2 Å². The lowest BCUT2D eigenvalue weighted by atomic mass is 10.1. The van der Waals surface area contributed by atoms with Crippen molar-refractivity contribution in [3.05, 3.63) is 24.3 Å². The third-order valence-corrected chi connectivity index (χ3v) is 5.08. The third-order valence-electron chi connectivity index (χ3n) is 3.07. The SMILES string of the molecule is CCCCCCCCS(=O)(=O)Nc1cccc(S(=O)[O-])c1. The van der Waals surface area contributed by atoms with Crippen molar-refractivity contribution < 1.29 is 17.2 Å². The van der Waals surface area contributed by atoms with Crippen molar-refractivity contribution in [3.8, 4) is 0 Å². The van der Waals surface area contributed by atoms with Crippen molar-refractivity contribution in [3.63, 3.8) is 0 Å². The van der Waals surface area contributed by atoms with Gasteiger partial charge in [0.2, 0.25) is 10.0 Å². The molecule has 0 saturated carbocycles. The predicted molar refractivity (Wildman–Crippen MR) is 84.4 cm³/mol. The molecule has 1 rings (SSSR count). The lowest BCUT2D eigenvalue weighted by Crippen LogP contribution is -2.16. The van der Waals surface area contributed by atoms with Gasteiger partial charge in [-0.05, 0) is 35.7 Å². The van der Waals surface area contributed by atoms with E-state index < -0.39 is 21.1 Å². The highest BCUT2D eigenvalue weighted by atomic mass is 32.2. The number of hydrogen-bond donors (Lipinski definition) is 1. The Morgan fingerprint density at radius 1 is 1.14 bits per heavy atom. The maximum absolute atomic E-state index is 11.9. The fourth-order valence-electron chi connectivity index (χ4n) is 1.97. The molecule has 1 N–H and O–H groups in total. The number of anilines is 1. The number of hydrogen-bond acceptors (Lipinski definition) is 4. The van der Waals surface area contributed by atoms with Crippen molar-refractivity contribution in [2.24, 2.45) is 0 Å². The van der Waals surface area contributed by atoms with Crippen molar-refractivity contribution in [1.82, 2.24) is 0 Å². The molecule has 0 aliphatic rings. The number of nitrogens with one attached hydrogen (secondary N) is 1. The standard InChI is InChI=1S/C14H23NO4S2/c1-2-3-4-5-6-7-11-21(18,19)15-13-9-8-10-14(12-13)20(16)17/h8-10,12,15H,2-7,11H2,1H3,(H,16,17)/p-1. The van der Waals surface area contributed by atoms with Gasteiger partial charge in [0.05, 0.1) is 5.75 Å². The van der Waals surface area contributed by atoms with Gasteiger partial charge in [0.1, 0.15) is 0 Å². The van der Waals surface area contributed by atoms with Crippen LogP contribution in [-0.4, -0.2) is 22.9 Å².